The van der Waals surface area contributed by atoms with Gasteiger partial charge in [-0.25, -0.2) is 4.39 Å². The molecule has 2 aromatic rings. The van der Waals surface area contributed by atoms with E-state index in [0.29, 0.717) is 12.5 Å². The standard InChI is InChI=1S/C20H21FN2O/c21-17-8-4-7-16-15(17)11-12-18(16)23-19(13-5-2-1-3-6-13)20(24)22-14-9-10-14/h1-8,14,18-19,23H,9-12H2,(H,22,24)/t18-,19+/m0/s1. The number of fused-ring (bicyclic) bond motifs is 1. The van der Waals surface area contributed by atoms with Crippen molar-refractivity contribution >= 4 is 5.91 Å². The summed E-state index contributed by atoms with van der Waals surface area (Å²) in [6.45, 7) is 0. The maximum atomic E-state index is 14.0. The number of nitrogens with one attached hydrogen (secondary N) is 2. The van der Waals surface area contributed by atoms with E-state index in [0.717, 1.165) is 36.0 Å². The fourth-order valence-corrected chi connectivity index (χ4v) is 3.46. The van der Waals surface area contributed by atoms with Crippen molar-refractivity contribution in [3.05, 3.63) is 71.0 Å². The van der Waals surface area contributed by atoms with Crippen LogP contribution in [0.5, 0.6) is 0 Å². The molecule has 0 aliphatic heterocycles. The minimum absolute atomic E-state index is 0.00543. The zero-order valence-electron chi connectivity index (χ0n) is 13.5. The number of benzene rings is 2. The molecule has 2 aliphatic rings. The Kier molecular flexibility index (Phi) is 4.07. The van der Waals surface area contributed by atoms with Crippen molar-refractivity contribution in [2.45, 2.75) is 43.8 Å². The van der Waals surface area contributed by atoms with Crippen LogP contribution in [0.2, 0.25) is 0 Å². The molecule has 2 N–H and O–H groups in total. The quantitative estimate of drug-likeness (QED) is 0.885. The molecule has 24 heavy (non-hydrogen) atoms. The first kappa shape index (κ1) is 15.3. The monoisotopic (exact) mass is 324 g/mol. The van der Waals surface area contributed by atoms with Crippen LogP contribution >= 0.6 is 0 Å². The van der Waals surface area contributed by atoms with E-state index in [1.165, 1.54) is 6.07 Å². The Hall–Kier alpha value is -2.20. The van der Waals surface area contributed by atoms with Crippen LogP contribution in [-0.4, -0.2) is 11.9 Å². The molecule has 0 aromatic heterocycles. The minimum Gasteiger partial charge on any atom is -0.352 e. The second kappa shape index (κ2) is 6.36. The van der Waals surface area contributed by atoms with E-state index in [4.69, 9.17) is 0 Å². The molecule has 4 rings (SSSR count). The molecule has 1 amide bonds. The normalized spacial score (nSPS) is 20.5. The molecule has 0 saturated heterocycles. The van der Waals surface area contributed by atoms with E-state index in [2.05, 4.69) is 10.6 Å². The Bertz CT molecular complexity index is 743. The van der Waals surface area contributed by atoms with Crippen molar-refractivity contribution in [1.82, 2.24) is 10.6 Å². The lowest BCUT2D eigenvalue weighted by molar-refractivity contribution is -0.123. The van der Waals surface area contributed by atoms with Crippen LogP contribution in [0.15, 0.2) is 48.5 Å². The van der Waals surface area contributed by atoms with Gasteiger partial charge >= 0.3 is 0 Å². The smallest absolute Gasteiger partial charge is 0.241 e. The number of amides is 1. The molecule has 0 bridgehead atoms. The van der Waals surface area contributed by atoms with E-state index in [-0.39, 0.29) is 17.8 Å². The van der Waals surface area contributed by atoms with E-state index < -0.39 is 6.04 Å². The largest absolute Gasteiger partial charge is 0.352 e. The predicted octanol–water partition coefficient (Wildman–Crippen LogP) is 3.42. The average Bonchev–Trinajstić information content (AvgIpc) is 3.31. The van der Waals surface area contributed by atoms with E-state index >= 15 is 0 Å². The lowest BCUT2D eigenvalue weighted by Crippen LogP contribution is -2.39. The second-order valence-electron chi connectivity index (χ2n) is 6.69. The number of carbonyl (C=O) groups excluding carboxylic acids is 1. The van der Waals surface area contributed by atoms with Crippen LogP contribution in [0.1, 0.15) is 48.0 Å². The van der Waals surface area contributed by atoms with Gasteiger partial charge in [0, 0.05) is 12.1 Å². The molecular weight excluding hydrogens is 303 g/mol. The lowest BCUT2D eigenvalue weighted by atomic mass is 10.0. The summed E-state index contributed by atoms with van der Waals surface area (Å²) in [5.41, 5.74) is 2.71. The fraction of sp³-hybridized carbons (Fsp3) is 0.350. The van der Waals surface area contributed by atoms with E-state index in [9.17, 15) is 9.18 Å². The van der Waals surface area contributed by atoms with Gasteiger partial charge in [0.25, 0.3) is 0 Å². The maximum absolute atomic E-state index is 14.0. The molecule has 0 heterocycles. The van der Waals surface area contributed by atoms with Crippen molar-refractivity contribution in [2.75, 3.05) is 0 Å². The van der Waals surface area contributed by atoms with Gasteiger partial charge in [-0.05, 0) is 48.4 Å². The highest BCUT2D eigenvalue weighted by molar-refractivity contribution is 5.83. The van der Waals surface area contributed by atoms with Gasteiger partial charge in [0.1, 0.15) is 11.9 Å². The summed E-state index contributed by atoms with van der Waals surface area (Å²) >= 11 is 0. The van der Waals surface area contributed by atoms with Gasteiger partial charge in [0.05, 0.1) is 0 Å². The van der Waals surface area contributed by atoms with Crippen LogP contribution < -0.4 is 10.6 Å². The van der Waals surface area contributed by atoms with Crippen LogP contribution in [-0.2, 0) is 11.2 Å². The summed E-state index contributed by atoms with van der Waals surface area (Å²) in [5, 5.41) is 6.56. The van der Waals surface area contributed by atoms with Crippen LogP contribution in [0.25, 0.3) is 0 Å². The van der Waals surface area contributed by atoms with E-state index in [1.807, 2.05) is 36.4 Å². The number of hydrogen-bond donors (Lipinski definition) is 2. The summed E-state index contributed by atoms with van der Waals surface area (Å²) in [5.74, 6) is -0.135. The van der Waals surface area contributed by atoms with Gasteiger partial charge in [-0.1, -0.05) is 42.5 Å². The topological polar surface area (TPSA) is 41.1 Å². The summed E-state index contributed by atoms with van der Waals surface area (Å²) in [7, 11) is 0. The van der Waals surface area contributed by atoms with Gasteiger partial charge in [-0.3, -0.25) is 10.1 Å². The Morgan fingerprint density at radius 3 is 2.58 bits per heavy atom. The Morgan fingerprint density at radius 2 is 1.83 bits per heavy atom. The molecule has 4 heteroatoms. The summed E-state index contributed by atoms with van der Waals surface area (Å²) in [6, 6.07) is 14.9. The molecule has 2 aliphatic carbocycles. The van der Waals surface area contributed by atoms with Crippen molar-refractivity contribution in [3.63, 3.8) is 0 Å². The molecule has 1 fully saturated rings. The number of rotatable bonds is 5. The number of halogens is 1. The van der Waals surface area contributed by atoms with Crippen molar-refractivity contribution < 1.29 is 9.18 Å². The molecule has 1 saturated carbocycles. The first-order valence-electron chi connectivity index (χ1n) is 8.61. The highest BCUT2D eigenvalue weighted by Gasteiger charge is 2.32. The van der Waals surface area contributed by atoms with E-state index in [1.54, 1.807) is 6.07 Å². The Morgan fingerprint density at radius 1 is 1.04 bits per heavy atom. The fourth-order valence-electron chi connectivity index (χ4n) is 3.46. The van der Waals surface area contributed by atoms with Crippen LogP contribution in [0.4, 0.5) is 4.39 Å². The summed E-state index contributed by atoms with van der Waals surface area (Å²) in [4.78, 5) is 12.7. The molecule has 2 atom stereocenters. The zero-order chi connectivity index (χ0) is 16.5. The second-order valence-corrected chi connectivity index (χ2v) is 6.69. The summed E-state index contributed by atoms with van der Waals surface area (Å²) < 4.78 is 14.0. The van der Waals surface area contributed by atoms with Gasteiger partial charge in [-0.15, -0.1) is 0 Å². The maximum Gasteiger partial charge on any atom is 0.241 e. The first-order valence-corrected chi connectivity index (χ1v) is 8.61. The highest BCUT2D eigenvalue weighted by Crippen LogP contribution is 2.34. The average molecular weight is 324 g/mol. The molecule has 0 spiro atoms. The molecule has 124 valence electrons. The van der Waals surface area contributed by atoms with Crippen LogP contribution in [0.3, 0.4) is 0 Å². The minimum atomic E-state index is -0.411. The summed E-state index contributed by atoms with van der Waals surface area (Å²) in [6.07, 6.45) is 3.65. The van der Waals surface area contributed by atoms with Gasteiger partial charge in [0.2, 0.25) is 5.91 Å². The molecule has 0 unspecified atom stereocenters. The zero-order valence-corrected chi connectivity index (χ0v) is 13.5. The Balaban J connectivity index is 1.59. The highest BCUT2D eigenvalue weighted by atomic mass is 19.1. The van der Waals surface area contributed by atoms with Gasteiger partial charge in [0.15, 0.2) is 0 Å². The number of carbonyl (C=O) groups is 1. The first-order chi connectivity index (χ1) is 11.7. The van der Waals surface area contributed by atoms with Crippen molar-refractivity contribution in [1.29, 1.82) is 0 Å². The molecule has 0 radical (unpaired) electrons. The van der Waals surface area contributed by atoms with Gasteiger partial charge in [-0.2, -0.15) is 0 Å². The molecule has 3 nitrogen and oxygen atoms in total. The Labute approximate surface area is 141 Å². The number of hydrogen-bond acceptors (Lipinski definition) is 2. The predicted molar refractivity (Wildman–Crippen MR) is 90.9 cm³/mol. The molecular formula is C20H21FN2O. The molecule has 2 aromatic carbocycles. The van der Waals surface area contributed by atoms with Crippen molar-refractivity contribution in [3.8, 4) is 0 Å². The SMILES string of the molecule is O=C(NC1CC1)[C@H](N[C@H]1CCc2c(F)cccc21)c1ccccc1. The van der Waals surface area contributed by atoms with Gasteiger partial charge < -0.3 is 5.32 Å². The third-order valence-electron chi connectivity index (χ3n) is 4.90. The van der Waals surface area contributed by atoms with Crippen LogP contribution in [0, 0.1) is 5.82 Å². The third kappa shape index (κ3) is 3.06. The third-order valence-corrected chi connectivity index (χ3v) is 4.90. The lowest BCUT2D eigenvalue weighted by Gasteiger charge is -2.23. The van der Waals surface area contributed by atoms with Crippen molar-refractivity contribution in [2.24, 2.45) is 0 Å².